The van der Waals surface area contributed by atoms with Gasteiger partial charge in [0.2, 0.25) is 0 Å². The van der Waals surface area contributed by atoms with Gasteiger partial charge < -0.3 is 20.5 Å². The van der Waals surface area contributed by atoms with Crippen molar-refractivity contribution in [2.45, 2.75) is 13.0 Å². The van der Waals surface area contributed by atoms with E-state index in [1.807, 2.05) is 13.0 Å². The number of nitrogens with zero attached hydrogens (tertiary/aromatic N) is 1. The summed E-state index contributed by atoms with van der Waals surface area (Å²) in [5.74, 6) is 0.351. The Morgan fingerprint density at radius 2 is 2.05 bits per heavy atom. The lowest BCUT2D eigenvalue weighted by molar-refractivity contribution is 0.0748. The summed E-state index contributed by atoms with van der Waals surface area (Å²) in [6.45, 7) is 4.07. The molecule has 0 radical (unpaired) electrons. The first kappa shape index (κ1) is 21.7. The molecule has 0 aromatic heterocycles. The molecule has 126 valence electrons. The molecule has 0 fully saturated rings. The zero-order valence-corrected chi connectivity index (χ0v) is 16.5. The van der Waals surface area contributed by atoms with Crippen LogP contribution in [0.5, 0.6) is 0 Å². The van der Waals surface area contributed by atoms with Crippen molar-refractivity contribution in [1.29, 1.82) is 0 Å². The molecule has 0 amide bonds. The first-order valence-corrected chi connectivity index (χ1v) is 7.38. The second kappa shape index (κ2) is 12.2. The van der Waals surface area contributed by atoms with Gasteiger partial charge >= 0.3 is 0 Å². The van der Waals surface area contributed by atoms with E-state index in [4.69, 9.17) is 38.4 Å². The van der Waals surface area contributed by atoms with Gasteiger partial charge in [-0.25, -0.2) is 0 Å². The molecule has 0 bridgehead atoms. The third-order valence-corrected chi connectivity index (χ3v) is 3.31. The molecule has 0 aliphatic carbocycles. The largest absolute Gasteiger partial charge is 0.382 e. The molecule has 1 unspecified atom stereocenters. The normalized spacial score (nSPS) is 12.6. The second-order valence-corrected chi connectivity index (χ2v) is 5.25. The summed E-state index contributed by atoms with van der Waals surface area (Å²) in [4.78, 5) is 4.18. The molecule has 0 saturated heterocycles. The van der Waals surface area contributed by atoms with Crippen LogP contribution < -0.4 is 11.1 Å². The van der Waals surface area contributed by atoms with E-state index in [0.29, 0.717) is 42.4 Å². The van der Waals surface area contributed by atoms with E-state index in [2.05, 4.69) is 10.3 Å². The summed E-state index contributed by atoms with van der Waals surface area (Å²) in [5.41, 5.74) is 6.73. The topological polar surface area (TPSA) is 68.9 Å². The first-order valence-electron chi connectivity index (χ1n) is 6.62. The van der Waals surface area contributed by atoms with Crippen molar-refractivity contribution in [1.82, 2.24) is 5.32 Å². The number of methoxy groups -OCH3 is 1. The zero-order valence-electron chi connectivity index (χ0n) is 12.6. The number of halogens is 3. The maximum Gasteiger partial charge on any atom is 0.189 e. The summed E-state index contributed by atoms with van der Waals surface area (Å²) >= 11 is 12.0. The van der Waals surface area contributed by atoms with Gasteiger partial charge in [0, 0.05) is 17.2 Å². The summed E-state index contributed by atoms with van der Waals surface area (Å²) in [5, 5.41) is 4.28. The Labute approximate surface area is 158 Å². The molecule has 8 heteroatoms. The minimum absolute atomic E-state index is 0. The van der Waals surface area contributed by atoms with Crippen molar-refractivity contribution < 1.29 is 9.47 Å². The molecular formula is C14H22Cl2IN3O2. The predicted molar refractivity (Wildman–Crippen MR) is 103 cm³/mol. The van der Waals surface area contributed by atoms with Gasteiger partial charge in [0.15, 0.2) is 5.96 Å². The highest BCUT2D eigenvalue weighted by atomic mass is 127. The molecule has 22 heavy (non-hydrogen) atoms. The van der Waals surface area contributed by atoms with E-state index in [1.54, 1.807) is 19.2 Å². The number of nitrogens with two attached hydrogens (primary N) is 1. The van der Waals surface area contributed by atoms with Crippen LogP contribution in [0.3, 0.4) is 0 Å². The van der Waals surface area contributed by atoms with Crippen LogP contribution in [0.2, 0.25) is 10.0 Å². The smallest absolute Gasteiger partial charge is 0.189 e. The van der Waals surface area contributed by atoms with Gasteiger partial charge in [-0.2, -0.15) is 0 Å². The monoisotopic (exact) mass is 461 g/mol. The summed E-state index contributed by atoms with van der Waals surface area (Å²) in [6, 6.07) is 5.29. The van der Waals surface area contributed by atoms with Crippen LogP contribution in [0.25, 0.3) is 0 Å². The van der Waals surface area contributed by atoms with Gasteiger partial charge in [0.1, 0.15) is 0 Å². The number of aliphatic imine (C=N–C) groups is 1. The lowest BCUT2D eigenvalue weighted by atomic mass is 10.1. The molecule has 0 aliphatic heterocycles. The molecule has 5 nitrogen and oxygen atoms in total. The molecule has 0 aliphatic rings. The van der Waals surface area contributed by atoms with Crippen LogP contribution in [0.4, 0.5) is 0 Å². The highest BCUT2D eigenvalue weighted by Gasteiger charge is 2.10. The maximum atomic E-state index is 6.15. The van der Waals surface area contributed by atoms with Crippen molar-refractivity contribution in [3.8, 4) is 0 Å². The molecule has 0 heterocycles. The zero-order chi connectivity index (χ0) is 15.7. The third-order valence-electron chi connectivity index (χ3n) is 2.74. The molecule has 1 rings (SSSR count). The summed E-state index contributed by atoms with van der Waals surface area (Å²) < 4.78 is 10.2. The maximum absolute atomic E-state index is 6.15. The van der Waals surface area contributed by atoms with E-state index in [-0.39, 0.29) is 30.0 Å². The number of benzene rings is 1. The Morgan fingerprint density at radius 3 is 2.68 bits per heavy atom. The van der Waals surface area contributed by atoms with E-state index < -0.39 is 0 Å². The van der Waals surface area contributed by atoms with Crippen LogP contribution in [-0.2, 0) is 9.47 Å². The molecule has 1 aromatic carbocycles. The molecule has 0 spiro atoms. The highest BCUT2D eigenvalue weighted by molar-refractivity contribution is 14.0. The van der Waals surface area contributed by atoms with Gasteiger partial charge in [-0.15, -0.1) is 24.0 Å². The average molecular weight is 462 g/mol. The fourth-order valence-electron chi connectivity index (χ4n) is 1.67. The SMILES string of the molecule is COCCOCCN=C(N)NC(C)c1ccc(Cl)cc1Cl.I. The number of hydrogen-bond donors (Lipinski definition) is 2. The number of guanidine groups is 1. The molecule has 1 atom stereocenters. The van der Waals surface area contributed by atoms with Crippen LogP contribution in [0, 0.1) is 0 Å². The minimum atomic E-state index is -0.0621. The Hall–Kier alpha value is -0.280. The van der Waals surface area contributed by atoms with Crippen molar-refractivity contribution in [2.75, 3.05) is 33.5 Å². The van der Waals surface area contributed by atoms with Crippen LogP contribution in [0.1, 0.15) is 18.5 Å². The van der Waals surface area contributed by atoms with Crippen LogP contribution in [0.15, 0.2) is 23.2 Å². The molecule has 1 aromatic rings. The van der Waals surface area contributed by atoms with Crippen molar-refractivity contribution >= 4 is 53.1 Å². The first-order chi connectivity index (χ1) is 10.0. The van der Waals surface area contributed by atoms with E-state index in [0.717, 1.165) is 5.56 Å². The number of rotatable bonds is 8. The predicted octanol–water partition coefficient (Wildman–Crippen LogP) is 3.24. The third kappa shape index (κ3) is 8.38. The Balaban J connectivity index is 0.00000441. The van der Waals surface area contributed by atoms with Crippen LogP contribution >= 0.6 is 47.2 Å². The Morgan fingerprint density at radius 1 is 1.32 bits per heavy atom. The number of ether oxygens (including phenoxy) is 2. The van der Waals surface area contributed by atoms with Gasteiger partial charge in [0.25, 0.3) is 0 Å². The molecular weight excluding hydrogens is 440 g/mol. The molecule has 0 saturated carbocycles. The van der Waals surface area contributed by atoms with E-state index in [9.17, 15) is 0 Å². The van der Waals surface area contributed by atoms with Crippen molar-refractivity contribution in [3.05, 3.63) is 33.8 Å². The fraction of sp³-hybridized carbons (Fsp3) is 0.500. The Bertz CT molecular complexity index is 475. The molecule has 3 N–H and O–H groups in total. The second-order valence-electron chi connectivity index (χ2n) is 4.40. The van der Waals surface area contributed by atoms with Crippen LogP contribution in [-0.4, -0.2) is 39.4 Å². The standard InChI is InChI=1S/C14H21Cl2N3O2.HI/c1-10(12-4-3-11(15)9-13(12)16)19-14(17)18-5-6-21-8-7-20-2;/h3-4,9-10H,5-8H2,1-2H3,(H3,17,18,19);1H. The van der Waals surface area contributed by atoms with Crippen molar-refractivity contribution in [2.24, 2.45) is 10.7 Å². The highest BCUT2D eigenvalue weighted by Crippen LogP contribution is 2.25. The Kier molecular flexibility index (Phi) is 12.0. The summed E-state index contributed by atoms with van der Waals surface area (Å²) in [7, 11) is 1.63. The van der Waals surface area contributed by atoms with Gasteiger partial charge in [-0.1, -0.05) is 29.3 Å². The van der Waals surface area contributed by atoms with E-state index >= 15 is 0 Å². The lowest BCUT2D eigenvalue weighted by Gasteiger charge is -2.16. The van der Waals surface area contributed by atoms with E-state index in [1.165, 1.54) is 0 Å². The number of hydrogen-bond acceptors (Lipinski definition) is 3. The van der Waals surface area contributed by atoms with Gasteiger partial charge in [-0.3, -0.25) is 4.99 Å². The average Bonchev–Trinajstić information content (AvgIpc) is 2.42. The van der Waals surface area contributed by atoms with Crippen molar-refractivity contribution in [3.63, 3.8) is 0 Å². The van der Waals surface area contributed by atoms with Gasteiger partial charge in [-0.05, 0) is 24.6 Å². The fourth-order valence-corrected chi connectivity index (χ4v) is 2.25. The minimum Gasteiger partial charge on any atom is -0.382 e. The number of nitrogens with one attached hydrogen (secondary N) is 1. The summed E-state index contributed by atoms with van der Waals surface area (Å²) in [6.07, 6.45) is 0. The quantitative estimate of drug-likeness (QED) is 0.270. The lowest BCUT2D eigenvalue weighted by Crippen LogP contribution is -2.34. The van der Waals surface area contributed by atoms with Gasteiger partial charge in [0.05, 0.1) is 32.4 Å².